The smallest absolute Gasteiger partial charge is 0.346 e. The number of fused-ring (bicyclic) bond motifs is 1. The number of carbonyl (C=O) groups is 2. The second kappa shape index (κ2) is 8.12. The van der Waals surface area contributed by atoms with Crippen molar-refractivity contribution < 1.29 is 23.5 Å². The summed E-state index contributed by atoms with van der Waals surface area (Å²) in [6.07, 6.45) is 4.03. The van der Waals surface area contributed by atoms with Crippen LogP contribution in [0.15, 0.2) is 55.1 Å². The van der Waals surface area contributed by atoms with E-state index in [0.717, 1.165) is 11.1 Å². The predicted molar refractivity (Wildman–Crippen MR) is 117 cm³/mol. The lowest BCUT2D eigenvalue weighted by Gasteiger charge is -2.53. The maximum absolute atomic E-state index is 13.5. The molecule has 3 aliphatic rings. The molecule has 0 radical (unpaired) electrons. The first-order chi connectivity index (χ1) is 16.6. The molecule has 2 aromatic carbocycles. The molecule has 0 unspecified atom stereocenters. The van der Waals surface area contributed by atoms with Crippen LogP contribution in [-0.4, -0.2) is 62.4 Å². The third kappa shape index (κ3) is 3.37. The fourth-order valence-corrected chi connectivity index (χ4v) is 5.15. The molecule has 6 rings (SSSR count). The van der Waals surface area contributed by atoms with Crippen LogP contribution < -0.4 is 9.47 Å². The summed E-state index contributed by atoms with van der Waals surface area (Å²) in [5, 5.41) is 3.92. The van der Waals surface area contributed by atoms with Crippen molar-refractivity contribution in [2.45, 2.75) is 30.8 Å². The molecule has 10 heteroatoms. The number of likely N-dealkylation sites (tertiary alicyclic amines) is 2. The second-order valence-corrected chi connectivity index (χ2v) is 8.67. The number of hydrogen-bond acceptors (Lipinski definition) is 6. The van der Waals surface area contributed by atoms with E-state index < -0.39 is 5.92 Å². The van der Waals surface area contributed by atoms with E-state index >= 15 is 0 Å². The molecule has 2 atom stereocenters. The topological polar surface area (TPSA) is 89.8 Å². The van der Waals surface area contributed by atoms with Crippen molar-refractivity contribution in [3.63, 3.8) is 0 Å². The molecule has 34 heavy (non-hydrogen) atoms. The minimum absolute atomic E-state index is 0.00956. The average molecular weight is 463 g/mol. The van der Waals surface area contributed by atoms with Crippen LogP contribution in [0.4, 0.5) is 9.18 Å². The SMILES string of the molecule is O=C1[C@@H](c2ccc(F)cc2)[C@H](c2ccc3c(c2)OCO3)N1C1CCN(C(=O)n2cncn2)CC1. The van der Waals surface area contributed by atoms with Crippen LogP contribution in [0.25, 0.3) is 0 Å². The maximum Gasteiger partial charge on any atom is 0.346 e. The molecule has 0 spiro atoms. The van der Waals surface area contributed by atoms with E-state index in [1.165, 1.54) is 29.5 Å². The van der Waals surface area contributed by atoms with Gasteiger partial charge in [-0.05, 0) is 48.2 Å². The Kier molecular flexibility index (Phi) is 4.93. The lowest BCUT2D eigenvalue weighted by Crippen LogP contribution is -2.60. The Bertz CT molecular complexity index is 1220. The number of piperidine rings is 1. The van der Waals surface area contributed by atoms with E-state index in [4.69, 9.17) is 9.47 Å². The monoisotopic (exact) mass is 463 g/mol. The standard InChI is InChI=1S/C24H22FN5O4/c25-17-4-1-15(2-5-17)21-22(16-3-6-19-20(11-16)34-14-33-19)30(23(21)31)18-7-9-28(10-8-18)24(32)29-13-26-12-27-29/h1-6,11-13,18,21-22H,7-10,14H2/t21-,22-/m0/s1. The van der Waals surface area contributed by atoms with Gasteiger partial charge in [-0.25, -0.2) is 14.2 Å². The molecule has 1 aromatic heterocycles. The first-order valence-electron chi connectivity index (χ1n) is 11.2. The zero-order valence-electron chi connectivity index (χ0n) is 18.2. The normalized spacial score (nSPS) is 22.1. The molecule has 2 amide bonds. The van der Waals surface area contributed by atoms with E-state index in [1.54, 1.807) is 17.0 Å². The average Bonchev–Trinajstić information content (AvgIpc) is 3.56. The fourth-order valence-electron chi connectivity index (χ4n) is 5.15. The van der Waals surface area contributed by atoms with Crippen LogP contribution >= 0.6 is 0 Å². The van der Waals surface area contributed by atoms with Gasteiger partial charge in [-0.15, -0.1) is 0 Å². The van der Waals surface area contributed by atoms with Crippen LogP contribution in [0.2, 0.25) is 0 Å². The van der Waals surface area contributed by atoms with Crippen LogP contribution in [-0.2, 0) is 4.79 Å². The number of ether oxygens (including phenoxy) is 2. The van der Waals surface area contributed by atoms with E-state index in [-0.39, 0.29) is 36.6 Å². The number of aromatic nitrogens is 3. The lowest BCUT2D eigenvalue weighted by molar-refractivity contribution is -0.156. The van der Waals surface area contributed by atoms with Gasteiger partial charge in [-0.3, -0.25) is 4.79 Å². The quantitative estimate of drug-likeness (QED) is 0.555. The Morgan fingerprint density at radius 2 is 1.74 bits per heavy atom. The number of amides is 2. The van der Waals surface area contributed by atoms with Gasteiger partial charge in [0.25, 0.3) is 0 Å². The Balaban J connectivity index is 1.26. The number of benzene rings is 2. The Morgan fingerprint density at radius 3 is 2.47 bits per heavy atom. The molecule has 2 saturated heterocycles. The fraction of sp³-hybridized carbons (Fsp3) is 0.333. The summed E-state index contributed by atoms with van der Waals surface area (Å²) in [6, 6.07) is 11.4. The Labute approximate surface area is 194 Å². The Hall–Kier alpha value is -3.95. The summed E-state index contributed by atoms with van der Waals surface area (Å²) in [7, 11) is 0. The summed E-state index contributed by atoms with van der Waals surface area (Å²) in [5.41, 5.74) is 1.73. The molecule has 3 aliphatic heterocycles. The summed E-state index contributed by atoms with van der Waals surface area (Å²) in [4.78, 5) is 33.5. The molecule has 3 aromatic rings. The van der Waals surface area contributed by atoms with Gasteiger partial charge < -0.3 is 19.3 Å². The van der Waals surface area contributed by atoms with Crippen molar-refractivity contribution in [2.24, 2.45) is 0 Å². The van der Waals surface area contributed by atoms with Crippen molar-refractivity contribution in [3.05, 3.63) is 72.1 Å². The highest BCUT2D eigenvalue weighted by molar-refractivity contribution is 5.92. The molecular formula is C24H22FN5O4. The van der Waals surface area contributed by atoms with Crippen LogP contribution in [0.5, 0.6) is 11.5 Å². The lowest BCUT2D eigenvalue weighted by atomic mass is 9.75. The van der Waals surface area contributed by atoms with Crippen LogP contribution in [0, 0.1) is 5.82 Å². The van der Waals surface area contributed by atoms with Gasteiger partial charge in [0.05, 0.1) is 12.0 Å². The van der Waals surface area contributed by atoms with E-state index in [2.05, 4.69) is 10.1 Å². The number of rotatable bonds is 3. The van der Waals surface area contributed by atoms with Crippen molar-refractivity contribution >= 4 is 11.9 Å². The number of halogens is 1. The number of hydrogen-bond donors (Lipinski definition) is 0. The highest BCUT2D eigenvalue weighted by Crippen LogP contribution is 2.50. The zero-order valence-corrected chi connectivity index (χ0v) is 18.2. The summed E-state index contributed by atoms with van der Waals surface area (Å²) >= 11 is 0. The molecule has 0 aliphatic carbocycles. The first-order valence-corrected chi connectivity index (χ1v) is 11.2. The first kappa shape index (κ1) is 20.6. The molecule has 0 bridgehead atoms. The van der Waals surface area contributed by atoms with Gasteiger partial charge in [-0.2, -0.15) is 9.78 Å². The van der Waals surface area contributed by atoms with E-state index in [0.29, 0.717) is 37.4 Å². The maximum atomic E-state index is 13.5. The molecule has 0 N–H and O–H groups in total. The van der Waals surface area contributed by atoms with Crippen LogP contribution in [0.3, 0.4) is 0 Å². The van der Waals surface area contributed by atoms with Gasteiger partial charge in [0.15, 0.2) is 11.5 Å². The largest absolute Gasteiger partial charge is 0.454 e. The van der Waals surface area contributed by atoms with Gasteiger partial charge in [-0.1, -0.05) is 18.2 Å². The van der Waals surface area contributed by atoms with Crippen molar-refractivity contribution in [2.75, 3.05) is 19.9 Å². The zero-order chi connectivity index (χ0) is 23.2. The minimum atomic E-state index is -0.407. The predicted octanol–water partition coefficient (Wildman–Crippen LogP) is 2.95. The van der Waals surface area contributed by atoms with Gasteiger partial charge in [0, 0.05) is 19.1 Å². The van der Waals surface area contributed by atoms with Gasteiger partial charge in [0.2, 0.25) is 12.7 Å². The number of nitrogens with zero attached hydrogens (tertiary/aromatic N) is 5. The molecule has 4 heterocycles. The highest BCUT2D eigenvalue weighted by atomic mass is 19.1. The van der Waals surface area contributed by atoms with E-state index in [9.17, 15) is 14.0 Å². The third-order valence-corrected chi connectivity index (χ3v) is 6.85. The number of β-lactam (4-membered cyclic amide) rings is 1. The van der Waals surface area contributed by atoms with Crippen molar-refractivity contribution in [1.82, 2.24) is 24.6 Å². The summed E-state index contributed by atoms with van der Waals surface area (Å²) < 4.78 is 25.8. The Morgan fingerprint density at radius 1 is 1.00 bits per heavy atom. The number of carbonyl (C=O) groups excluding carboxylic acids is 2. The molecule has 0 saturated carbocycles. The summed E-state index contributed by atoms with van der Waals surface area (Å²) in [6.45, 7) is 1.20. The third-order valence-electron chi connectivity index (χ3n) is 6.85. The minimum Gasteiger partial charge on any atom is -0.454 e. The van der Waals surface area contributed by atoms with Crippen molar-refractivity contribution in [1.29, 1.82) is 0 Å². The van der Waals surface area contributed by atoms with Crippen LogP contribution in [0.1, 0.15) is 35.9 Å². The summed E-state index contributed by atoms with van der Waals surface area (Å²) in [5.74, 6) is 0.602. The van der Waals surface area contributed by atoms with E-state index in [1.807, 2.05) is 23.1 Å². The van der Waals surface area contributed by atoms with Gasteiger partial charge >= 0.3 is 6.03 Å². The van der Waals surface area contributed by atoms with Gasteiger partial charge in [0.1, 0.15) is 18.5 Å². The highest BCUT2D eigenvalue weighted by Gasteiger charge is 2.52. The molecular weight excluding hydrogens is 441 g/mol. The molecule has 174 valence electrons. The van der Waals surface area contributed by atoms with Crippen molar-refractivity contribution in [3.8, 4) is 11.5 Å². The molecule has 2 fully saturated rings. The second-order valence-electron chi connectivity index (χ2n) is 8.67. The molecule has 9 nitrogen and oxygen atoms in total.